The topological polar surface area (TPSA) is 59.2 Å². The fraction of sp³-hybridized carbons (Fsp3) is 0.357. The van der Waals surface area contributed by atoms with E-state index < -0.39 is 0 Å². The number of pyridine rings is 1. The van der Waals surface area contributed by atoms with Crippen molar-refractivity contribution in [2.45, 2.75) is 19.3 Å². The van der Waals surface area contributed by atoms with Crippen molar-refractivity contribution in [2.75, 3.05) is 13.1 Å². The summed E-state index contributed by atoms with van der Waals surface area (Å²) in [6.07, 6.45) is 6.72. The van der Waals surface area contributed by atoms with Crippen molar-refractivity contribution >= 4 is 5.91 Å². The molecule has 0 atom stereocenters. The number of hydrogen-bond donors (Lipinski definition) is 0. The molecule has 1 aliphatic heterocycles. The maximum Gasteiger partial charge on any atom is 0.292 e. The Morgan fingerprint density at radius 3 is 2.84 bits per heavy atom. The number of aromatic nitrogens is 2. The third kappa shape index (κ3) is 2.50. The molecule has 1 aliphatic rings. The van der Waals surface area contributed by atoms with Gasteiger partial charge in [0.25, 0.3) is 5.91 Å². The minimum absolute atomic E-state index is 0.0673. The molecule has 0 spiro atoms. The maximum atomic E-state index is 12.2. The number of nitrogens with zero attached hydrogens (tertiary/aromatic N) is 3. The van der Waals surface area contributed by atoms with Crippen molar-refractivity contribution in [3.8, 4) is 11.3 Å². The normalized spacial score (nSPS) is 15.5. The highest BCUT2D eigenvalue weighted by Gasteiger charge is 2.22. The van der Waals surface area contributed by atoms with Gasteiger partial charge >= 0.3 is 0 Å². The van der Waals surface area contributed by atoms with Gasteiger partial charge in [0.1, 0.15) is 5.69 Å². The van der Waals surface area contributed by atoms with Crippen molar-refractivity contribution in [1.29, 1.82) is 0 Å². The predicted octanol–water partition coefficient (Wildman–Crippen LogP) is 2.36. The molecule has 0 radical (unpaired) electrons. The molecule has 3 rings (SSSR count). The molecule has 3 heterocycles. The van der Waals surface area contributed by atoms with Crippen LogP contribution in [0.2, 0.25) is 0 Å². The Balaban J connectivity index is 1.79. The number of carbonyl (C=O) groups excluding carboxylic acids is 1. The van der Waals surface area contributed by atoms with Crippen LogP contribution in [0.25, 0.3) is 11.3 Å². The van der Waals surface area contributed by atoms with E-state index in [1.165, 1.54) is 6.42 Å². The van der Waals surface area contributed by atoms with Crippen LogP contribution < -0.4 is 0 Å². The van der Waals surface area contributed by atoms with Gasteiger partial charge in [-0.1, -0.05) is 5.16 Å². The van der Waals surface area contributed by atoms with Crippen molar-refractivity contribution in [3.05, 3.63) is 36.4 Å². The third-order valence-electron chi connectivity index (χ3n) is 3.32. The van der Waals surface area contributed by atoms with Crippen LogP contribution in [-0.4, -0.2) is 34.0 Å². The molecule has 2 aromatic rings. The van der Waals surface area contributed by atoms with Crippen LogP contribution in [0, 0.1) is 0 Å². The van der Waals surface area contributed by atoms with Crippen molar-refractivity contribution < 1.29 is 9.32 Å². The van der Waals surface area contributed by atoms with E-state index in [-0.39, 0.29) is 5.91 Å². The van der Waals surface area contributed by atoms with Crippen LogP contribution in [0.15, 0.2) is 35.1 Å². The first-order valence-corrected chi connectivity index (χ1v) is 6.51. The number of carbonyl (C=O) groups is 1. The molecule has 98 valence electrons. The van der Waals surface area contributed by atoms with Gasteiger partial charge in [0.05, 0.1) is 0 Å². The second-order valence-electron chi connectivity index (χ2n) is 4.67. The second-order valence-corrected chi connectivity index (χ2v) is 4.67. The smallest absolute Gasteiger partial charge is 0.292 e. The summed E-state index contributed by atoms with van der Waals surface area (Å²) < 4.78 is 5.17. The van der Waals surface area contributed by atoms with Crippen LogP contribution in [0.1, 0.15) is 29.8 Å². The molecule has 0 aliphatic carbocycles. The van der Waals surface area contributed by atoms with Crippen molar-refractivity contribution in [3.63, 3.8) is 0 Å². The lowest BCUT2D eigenvalue weighted by molar-refractivity contribution is 0.0682. The van der Waals surface area contributed by atoms with Crippen LogP contribution in [0.4, 0.5) is 0 Å². The van der Waals surface area contributed by atoms with Gasteiger partial charge in [-0.15, -0.1) is 0 Å². The molecule has 2 aromatic heterocycles. The third-order valence-corrected chi connectivity index (χ3v) is 3.32. The van der Waals surface area contributed by atoms with E-state index in [0.29, 0.717) is 11.5 Å². The van der Waals surface area contributed by atoms with E-state index in [2.05, 4.69) is 10.1 Å². The van der Waals surface area contributed by atoms with E-state index in [1.807, 2.05) is 17.0 Å². The number of piperidine rings is 1. The highest BCUT2D eigenvalue weighted by molar-refractivity contribution is 5.92. The Bertz CT molecular complexity index is 559. The predicted molar refractivity (Wildman–Crippen MR) is 69.5 cm³/mol. The van der Waals surface area contributed by atoms with Crippen LogP contribution in [-0.2, 0) is 0 Å². The highest BCUT2D eigenvalue weighted by Crippen LogP contribution is 2.20. The Morgan fingerprint density at radius 1 is 1.26 bits per heavy atom. The number of amides is 1. The summed E-state index contributed by atoms with van der Waals surface area (Å²) in [6, 6.07) is 5.41. The maximum absolute atomic E-state index is 12.2. The summed E-state index contributed by atoms with van der Waals surface area (Å²) in [5.41, 5.74) is 1.50. The highest BCUT2D eigenvalue weighted by atomic mass is 16.5. The zero-order valence-electron chi connectivity index (χ0n) is 10.6. The first kappa shape index (κ1) is 11.9. The van der Waals surface area contributed by atoms with Crippen LogP contribution >= 0.6 is 0 Å². The number of hydrogen-bond acceptors (Lipinski definition) is 4. The summed E-state index contributed by atoms with van der Waals surface area (Å²) in [4.78, 5) is 18.1. The first-order valence-electron chi connectivity index (χ1n) is 6.51. The fourth-order valence-corrected chi connectivity index (χ4v) is 2.28. The van der Waals surface area contributed by atoms with Gasteiger partial charge in [0, 0.05) is 37.1 Å². The minimum atomic E-state index is -0.0673. The summed E-state index contributed by atoms with van der Waals surface area (Å²) in [7, 11) is 0. The van der Waals surface area contributed by atoms with E-state index >= 15 is 0 Å². The Hall–Kier alpha value is -2.17. The number of rotatable bonds is 2. The fourth-order valence-electron chi connectivity index (χ4n) is 2.28. The summed E-state index contributed by atoms with van der Waals surface area (Å²) >= 11 is 0. The average molecular weight is 257 g/mol. The molecule has 1 amide bonds. The average Bonchev–Trinajstić information content (AvgIpc) is 2.98. The van der Waals surface area contributed by atoms with E-state index in [9.17, 15) is 4.79 Å². The lowest BCUT2D eigenvalue weighted by Crippen LogP contribution is -2.35. The summed E-state index contributed by atoms with van der Waals surface area (Å²) in [5.74, 6) is 0.239. The molecule has 5 heteroatoms. The largest absolute Gasteiger partial charge is 0.350 e. The van der Waals surface area contributed by atoms with E-state index in [1.54, 1.807) is 18.5 Å². The molecule has 0 saturated carbocycles. The second kappa shape index (κ2) is 5.22. The molecule has 1 saturated heterocycles. The Labute approximate surface area is 111 Å². The molecule has 0 bridgehead atoms. The minimum Gasteiger partial charge on any atom is -0.350 e. The Kier molecular flexibility index (Phi) is 3.27. The SMILES string of the molecule is O=C(c1cc(-c2cccnc2)no1)N1CCCCC1. The van der Waals surface area contributed by atoms with Crippen LogP contribution in [0.3, 0.4) is 0 Å². The summed E-state index contributed by atoms with van der Waals surface area (Å²) in [5, 5.41) is 3.94. The lowest BCUT2D eigenvalue weighted by atomic mass is 10.1. The zero-order valence-corrected chi connectivity index (χ0v) is 10.6. The zero-order chi connectivity index (χ0) is 13.1. The van der Waals surface area contributed by atoms with Gasteiger partial charge in [-0.05, 0) is 31.4 Å². The van der Waals surface area contributed by atoms with Gasteiger partial charge < -0.3 is 9.42 Å². The lowest BCUT2D eigenvalue weighted by Gasteiger charge is -2.25. The molecule has 5 nitrogen and oxygen atoms in total. The summed E-state index contributed by atoms with van der Waals surface area (Å²) in [6.45, 7) is 1.61. The van der Waals surface area contributed by atoms with Gasteiger partial charge in [-0.25, -0.2) is 0 Å². The first-order chi connectivity index (χ1) is 9.34. The monoisotopic (exact) mass is 257 g/mol. The van der Waals surface area contributed by atoms with Crippen LogP contribution in [0.5, 0.6) is 0 Å². The van der Waals surface area contributed by atoms with E-state index in [0.717, 1.165) is 31.5 Å². The number of likely N-dealkylation sites (tertiary alicyclic amines) is 1. The Morgan fingerprint density at radius 2 is 2.11 bits per heavy atom. The molecular formula is C14H15N3O2. The van der Waals surface area contributed by atoms with Crippen molar-refractivity contribution in [1.82, 2.24) is 15.0 Å². The molecule has 0 N–H and O–H groups in total. The molecule has 19 heavy (non-hydrogen) atoms. The molecule has 0 aromatic carbocycles. The van der Waals surface area contributed by atoms with E-state index in [4.69, 9.17) is 4.52 Å². The molecule has 0 unspecified atom stereocenters. The molecule has 1 fully saturated rings. The molecular weight excluding hydrogens is 242 g/mol. The standard InChI is InChI=1S/C14H15N3O2/c18-14(17-7-2-1-3-8-17)13-9-12(16-19-13)11-5-4-6-15-10-11/h4-6,9-10H,1-3,7-8H2. The van der Waals surface area contributed by atoms with Gasteiger partial charge in [-0.3, -0.25) is 9.78 Å². The van der Waals surface area contributed by atoms with Crippen molar-refractivity contribution in [2.24, 2.45) is 0 Å². The quantitative estimate of drug-likeness (QED) is 0.828. The van der Waals surface area contributed by atoms with Gasteiger partial charge in [0.15, 0.2) is 0 Å². The van der Waals surface area contributed by atoms with Gasteiger partial charge in [0.2, 0.25) is 5.76 Å². The van der Waals surface area contributed by atoms with Gasteiger partial charge in [-0.2, -0.15) is 0 Å².